The zero-order valence-corrected chi connectivity index (χ0v) is 12.7. The number of nitrogens with one attached hydrogen (secondary N) is 1. The second-order valence-electron chi connectivity index (χ2n) is 4.37. The molecule has 1 aliphatic rings. The molecule has 1 amide bonds. The first-order valence-electron chi connectivity index (χ1n) is 6.27. The number of hydrogen-bond acceptors (Lipinski definition) is 5. The number of amides is 1. The van der Waals surface area contributed by atoms with Gasteiger partial charge in [-0.2, -0.15) is 0 Å². The van der Waals surface area contributed by atoms with Gasteiger partial charge in [0.05, 0.1) is 6.61 Å². The van der Waals surface area contributed by atoms with Crippen molar-refractivity contribution in [3.63, 3.8) is 0 Å². The lowest BCUT2D eigenvalue weighted by Crippen LogP contribution is -2.39. The summed E-state index contributed by atoms with van der Waals surface area (Å²) in [5.74, 6) is -3.94. The van der Waals surface area contributed by atoms with Gasteiger partial charge >= 0.3 is 5.97 Å². The molecule has 1 aromatic carbocycles. The largest absolute Gasteiger partial charge is 0.465 e. The molecule has 0 bridgehead atoms. The third-order valence-corrected chi connectivity index (χ3v) is 3.50. The fourth-order valence-corrected chi connectivity index (χ4v) is 2.44. The summed E-state index contributed by atoms with van der Waals surface area (Å²) >= 11 is 3.21. The summed E-state index contributed by atoms with van der Waals surface area (Å²) in [6.45, 7) is 1.46. The molecule has 1 unspecified atom stereocenters. The fourth-order valence-electron chi connectivity index (χ4n) is 2.08. The van der Waals surface area contributed by atoms with E-state index in [9.17, 15) is 19.2 Å². The molecule has 1 atom stereocenters. The Morgan fingerprint density at radius 3 is 2.57 bits per heavy atom. The quantitative estimate of drug-likeness (QED) is 0.647. The van der Waals surface area contributed by atoms with E-state index in [4.69, 9.17) is 0 Å². The van der Waals surface area contributed by atoms with Crippen LogP contribution in [0.4, 0.5) is 0 Å². The Hall–Kier alpha value is -2.02. The van der Waals surface area contributed by atoms with Crippen LogP contribution in [0.2, 0.25) is 0 Å². The summed E-state index contributed by atoms with van der Waals surface area (Å²) in [7, 11) is 0. The number of ether oxygens (including phenoxy) is 1. The van der Waals surface area contributed by atoms with E-state index in [0.29, 0.717) is 4.47 Å². The highest BCUT2D eigenvalue weighted by Crippen LogP contribution is 2.29. The molecule has 21 heavy (non-hydrogen) atoms. The van der Waals surface area contributed by atoms with Crippen molar-refractivity contribution in [2.45, 2.75) is 6.92 Å². The van der Waals surface area contributed by atoms with Crippen LogP contribution in [0, 0.1) is 5.92 Å². The predicted molar refractivity (Wildman–Crippen MR) is 75.9 cm³/mol. The van der Waals surface area contributed by atoms with Gasteiger partial charge in [-0.15, -0.1) is 0 Å². The minimum Gasteiger partial charge on any atom is -0.465 e. The first-order chi connectivity index (χ1) is 9.95. The highest BCUT2D eigenvalue weighted by Gasteiger charge is 2.43. The maximum Gasteiger partial charge on any atom is 0.325 e. The van der Waals surface area contributed by atoms with Crippen LogP contribution in [0.3, 0.4) is 0 Å². The van der Waals surface area contributed by atoms with Crippen molar-refractivity contribution < 1.29 is 23.9 Å². The zero-order valence-electron chi connectivity index (χ0n) is 11.1. The van der Waals surface area contributed by atoms with Crippen molar-refractivity contribution >= 4 is 39.4 Å². The third kappa shape index (κ3) is 3.02. The van der Waals surface area contributed by atoms with Gasteiger partial charge in [-0.1, -0.05) is 15.9 Å². The number of esters is 1. The standard InChI is InChI=1S/C14H12BrNO5/c1-2-21-10(17)6-16-14(20)11-12(18)8-4-3-7(15)5-9(8)13(11)19/h3-5,11H,2,6H2,1H3,(H,16,20). The summed E-state index contributed by atoms with van der Waals surface area (Å²) in [5, 5.41) is 2.25. The smallest absolute Gasteiger partial charge is 0.325 e. The Kier molecular flexibility index (Phi) is 4.52. The maximum atomic E-state index is 12.2. The molecule has 0 aromatic heterocycles. The van der Waals surface area contributed by atoms with E-state index < -0.39 is 29.4 Å². The molecule has 0 saturated heterocycles. The maximum absolute atomic E-state index is 12.2. The minimum absolute atomic E-state index is 0.190. The van der Waals surface area contributed by atoms with Crippen LogP contribution < -0.4 is 5.32 Å². The van der Waals surface area contributed by atoms with Crippen molar-refractivity contribution in [3.05, 3.63) is 33.8 Å². The molecule has 110 valence electrons. The summed E-state index contributed by atoms with van der Waals surface area (Å²) < 4.78 is 5.30. The van der Waals surface area contributed by atoms with Gasteiger partial charge in [0, 0.05) is 15.6 Å². The zero-order chi connectivity index (χ0) is 15.6. The van der Waals surface area contributed by atoms with E-state index >= 15 is 0 Å². The number of halogens is 1. The monoisotopic (exact) mass is 353 g/mol. The molecule has 1 aliphatic carbocycles. The van der Waals surface area contributed by atoms with E-state index in [2.05, 4.69) is 26.0 Å². The number of hydrogen-bond donors (Lipinski definition) is 1. The Bertz CT molecular complexity index is 640. The van der Waals surface area contributed by atoms with Crippen LogP contribution in [0.1, 0.15) is 27.6 Å². The lowest BCUT2D eigenvalue weighted by atomic mass is 10.0. The second-order valence-corrected chi connectivity index (χ2v) is 5.29. The van der Waals surface area contributed by atoms with Crippen molar-refractivity contribution in [1.82, 2.24) is 5.32 Å². The number of Topliss-reactive ketones (excluding diaryl/α,β-unsaturated/α-hetero) is 2. The van der Waals surface area contributed by atoms with Crippen molar-refractivity contribution in [2.75, 3.05) is 13.2 Å². The normalized spacial score (nSPS) is 16.6. The molecule has 0 aliphatic heterocycles. The number of carbonyl (C=O) groups is 4. The molecule has 0 spiro atoms. The molecule has 6 nitrogen and oxygen atoms in total. The van der Waals surface area contributed by atoms with Gasteiger partial charge in [-0.3, -0.25) is 19.2 Å². The molecule has 1 aromatic rings. The van der Waals surface area contributed by atoms with Crippen molar-refractivity contribution in [1.29, 1.82) is 0 Å². The van der Waals surface area contributed by atoms with Gasteiger partial charge in [-0.25, -0.2) is 0 Å². The van der Waals surface area contributed by atoms with E-state index in [1.807, 2.05) is 0 Å². The molecule has 1 N–H and O–H groups in total. The number of carbonyl (C=O) groups excluding carboxylic acids is 4. The Balaban J connectivity index is 2.12. The Morgan fingerprint density at radius 1 is 1.24 bits per heavy atom. The molecule has 7 heteroatoms. The minimum atomic E-state index is -1.43. The highest BCUT2D eigenvalue weighted by molar-refractivity contribution is 9.10. The van der Waals surface area contributed by atoms with Crippen LogP contribution >= 0.6 is 15.9 Å². The molecular weight excluding hydrogens is 342 g/mol. The first kappa shape index (κ1) is 15.4. The molecule has 2 rings (SSSR count). The van der Waals surface area contributed by atoms with Gasteiger partial charge in [0.2, 0.25) is 5.91 Å². The SMILES string of the molecule is CCOC(=O)CNC(=O)C1C(=O)c2ccc(Br)cc2C1=O. The van der Waals surface area contributed by atoms with Gasteiger partial charge in [0.15, 0.2) is 17.5 Å². The fraction of sp³-hybridized carbons (Fsp3) is 0.286. The van der Waals surface area contributed by atoms with Crippen LogP contribution in [0.15, 0.2) is 22.7 Å². The third-order valence-electron chi connectivity index (χ3n) is 3.01. The average Bonchev–Trinajstić information content (AvgIpc) is 2.68. The topological polar surface area (TPSA) is 89.5 Å². The van der Waals surface area contributed by atoms with Gasteiger partial charge < -0.3 is 10.1 Å². The molecule has 0 saturated carbocycles. The molecular formula is C14H12BrNO5. The van der Waals surface area contributed by atoms with E-state index in [-0.39, 0.29) is 24.3 Å². The number of rotatable bonds is 4. The van der Waals surface area contributed by atoms with Crippen LogP contribution in [0.25, 0.3) is 0 Å². The van der Waals surface area contributed by atoms with Crippen LogP contribution in [-0.2, 0) is 14.3 Å². The first-order valence-corrected chi connectivity index (χ1v) is 7.06. The highest BCUT2D eigenvalue weighted by atomic mass is 79.9. The second kappa shape index (κ2) is 6.17. The van der Waals surface area contributed by atoms with Crippen molar-refractivity contribution in [3.8, 4) is 0 Å². The summed E-state index contributed by atoms with van der Waals surface area (Å²) in [4.78, 5) is 47.4. The number of benzene rings is 1. The van der Waals surface area contributed by atoms with E-state index in [0.717, 1.165) is 0 Å². The molecule has 0 fully saturated rings. The number of ketones is 2. The Labute approximate surface area is 129 Å². The molecule has 0 radical (unpaired) electrons. The average molecular weight is 354 g/mol. The lowest BCUT2D eigenvalue weighted by molar-refractivity contribution is -0.143. The van der Waals surface area contributed by atoms with Gasteiger partial charge in [-0.05, 0) is 25.1 Å². The van der Waals surface area contributed by atoms with Crippen molar-refractivity contribution in [2.24, 2.45) is 5.92 Å². The predicted octanol–water partition coefficient (Wildman–Crippen LogP) is 1.12. The van der Waals surface area contributed by atoms with E-state index in [1.54, 1.807) is 13.0 Å². The number of fused-ring (bicyclic) bond motifs is 1. The molecule has 0 heterocycles. The van der Waals surface area contributed by atoms with Crippen LogP contribution in [-0.4, -0.2) is 36.6 Å². The van der Waals surface area contributed by atoms with E-state index in [1.165, 1.54) is 12.1 Å². The Morgan fingerprint density at radius 2 is 1.90 bits per heavy atom. The van der Waals surface area contributed by atoms with Gasteiger partial charge in [0.1, 0.15) is 6.54 Å². The van der Waals surface area contributed by atoms with Gasteiger partial charge in [0.25, 0.3) is 0 Å². The van der Waals surface area contributed by atoms with Crippen LogP contribution in [0.5, 0.6) is 0 Å². The lowest BCUT2D eigenvalue weighted by Gasteiger charge is -2.08. The summed E-state index contributed by atoms with van der Waals surface area (Å²) in [6, 6.07) is 4.63. The summed E-state index contributed by atoms with van der Waals surface area (Å²) in [6.07, 6.45) is 0. The summed E-state index contributed by atoms with van der Waals surface area (Å²) in [5.41, 5.74) is 0.435.